The van der Waals surface area contributed by atoms with Crippen molar-refractivity contribution in [2.75, 3.05) is 18.9 Å². The molecule has 24 heavy (non-hydrogen) atoms. The molecule has 0 saturated heterocycles. The van der Waals surface area contributed by atoms with Crippen LogP contribution in [0.2, 0.25) is 0 Å². The van der Waals surface area contributed by atoms with Crippen LogP contribution in [0.5, 0.6) is 0 Å². The average molecular weight is 320 g/mol. The lowest BCUT2D eigenvalue weighted by Crippen LogP contribution is -2.30. The Morgan fingerprint density at radius 2 is 1.96 bits per heavy atom. The molecule has 6 nitrogen and oxygen atoms in total. The summed E-state index contributed by atoms with van der Waals surface area (Å²) in [6, 6.07) is 12.3. The van der Waals surface area contributed by atoms with Crippen LogP contribution in [0.15, 0.2) is 42.7 Å². The third-order valence-corrected chi connectivity index (χ3v) is 4.23. The van der Waals surface area contributed by atoms with Crippen molar-refractivity contribution >= 4 is 11.6 Å². The van der Waals surface area contributed by atoms with Gasteiger partial charge in [0.15, 0.2) is 5.82 Å². The summed E-state index contributed by atoms with van der Waals surface area (Å²) in [5.41, 5.74) is 4.43. The van der Waals surface area contributed by atoms with Gasteiger partial charge in [-0.3, -0.25) is 9.58 Å². The predicted octanol–water partition coefficient (Wildman–Crippen LogP) is 2.84. The van der Waals surface area contributed by atoms with Gasteiger partial charge in [0.25, 0.3) is 0 Å². The van der Waals surface area contributed by atoms with Gasteiger partial charge in [-0.25, -0.2) is 9.97 Å². The first-order valence-electron chi connectivity index (χ1n) is 8.09. The van der Waals surface area contributed by atoms with Crippen LogP contribution in [0.4, 0.5) is 11.6 Å². The molecular formula is C18H20N6. The molecule has 0 aliphatic carbocycles. The van der Waals surface area contributed by atoms with Crippen LogP contribution in [0.3, 0.4) is 0 Å². The molecule has 2 aromatic heterocycles. The maximum atomic E-state index is 4.62. The number of aryl methyl sites for hydroxylation is 1. The van der Waals surface area contributed by atoms with E-state index >= 15 is 0 Å². The van der Waals surface area contributed by atoms with E-state index in [1.54, 1.807) is 6.33 Å². The normalized spacial score (nSPS) is 14.4. The fourth-order valence-corrected chi connectivity index (χ4v) is 2.98. The molecule has 1 aromatic carbocycles. The monoisotopic (exact) mass is 320 g/mol. The summed E-state index contributed by atoms with van der Waals surface area (Å²) in [6.07, 6.45) is 1.59. The highest BCUT2D eigenvalue weighted by Crippen LogP contribution is 2.22. The lowest BCUT2D eigenvalue weighted by molar-refractivity contribution is 0.259. The van der Waals surface area contributed by atoms with E-state index < -0.39 is 0 Å². The van der Waals surface area contributed by atoms with Crippen LogP contribution in [0, 0.1) is 6.92 Å². The number of rotatable bonds is 3. The van der Waals surface area contributed by atoms with Crippen LogP contribution in [0.25, 0.3) is 11.3 Å². The fraction of sp³-hybridized carbons (Fsp3) is 0.278. The average Bonchev–Trinajstić information content (AvgIpc) is 2.96. The van der Waals surface area contributed by atoms with Gasteiger partial charge in [0.2, 0.25) is 0 Å². The van der Waals surface area contributed by atoms with Crippen LogP contribution < -0.4 is 5.32 Å². The lowest BCUT2D eigenvalue weighted by atomic mass is 10.1. The Morgan fingerprint density at radius 1 is 1.04 bits per heavy atom. The summed E-state index contributed by atoms with van der Waals surface area (Å²) >= 11 is 0. The van der Waals surface area contributed by atoms with Crippen molar-refractivity contribution in [3.63, 3.8) is 0 Å². The van der Waals surface area contributed by atoms with E-state index in [1.165, 1.54) is 11.3 Å². The van der Waals surface area contributed by atoms with Gasteiger partial charge in [0.1, 0.15) is 12.1 Å². The number of aromatic nitrogens is 4. The Hall–Kier alpha value is -2.73. The van der Waals surface area contributed by atoms with Crippen LogP contribution in [-0.2, 0) is 13.1 Å². The van der Waals surface area contributed by atoms with Gasteiger partial charge in [0.05, 0.1) is 17.9 Å². The molecule has 0 spiro atoms. The second-order valence-corrected chi connectivity index (χ2v) is 6.26. The SMILES string of the molecule is Cc1cccc(-c2cc(Nc3cc4n(n3)CCN(C)C4)ncn2)c1. The Kier molecular flexibility index (Phi) is 3.74. The summed E-state index contributed by atoms with van der Waals surface area (Å²) in [5, 5.41) is 7.91. The molecule has 3 heterocycles. The van der Waals surface area contributed by atoms with Gasteiger partial charge in [-0.05, 0) is 20.0 Å². The van der Waals surface area contributed by atoms with Crippen molar-refractivity contribution in [3.8, 4) is 11.3 Å². The molecule has 0 saturated carbocycles. The number of nitrogens with one attached hydrogen (secondary N) is 1. The first-order chi connectivity index (χ1) is 11.7. The zero-order chi connectivity index (χ0) is 16.5. The van der Waals surface area contributed by atoms with E-state index in [2.05, 4.69) is 68.2 Å². The zero-order valence-electron chi connectivity index (χ0n) is 13.9. The number of benzene rings is 1. The minimum absolute atomic E-state index is 0.755. The maximum absolute atomic E-state index is 4.62. The molecule has 0 radical (unpaired) electrons. The van der Waals surface area contributed by atoms with Crippen molar-refractivity contribution in [2.24, 2.45) is 0 Å². The van der Waals surface area contributed by atoms with Gasteiger partial charge >= 0.3 is 0 Å². The minimum Gasteiger partial charge on any atom is -0.323 e. The molecule has 4 rings (SSSR count). The second-order valence-electron chi connectivity index (χ2n) is 6.26. The number of nitrogens with zero attached hydrogens (tertiary/aromatic N) is 5. The summed E-state index contributed by atoms with van der Waals surface area (Å²) in [6.45, 7) is 4.95. The number of likely N-dealkylation sites (N-methyl/N-ethyl adjacent to an activating group) is 1. The highest BCUT2D eigenvalue weighted by Gasteiger charge is 2.15. The van der Waals surface area contributed by atoms with E-state index in [4.69, 9.17) is 0 Å². The van der Waals surface area contributed by atoms with Gasteiger partial charge < -0.3 is 5.32 Å². The number of hydrogen-bond acceptors (Lipinski definition) is 5. The second kappa shape index (κ2) is 6.05. The summed E-state index contributed by atoms with van der Waals surface area (Å²) in [7, 11) is 2.13. The van der Waals surface area contributed by atoms with Crippen molar-refractivity contribution < 1.29 is 0 Å². The molecule has 1 aliphatic heterocycles. The molecule has 6 heteroatoms. The van der Waals surface area contributed by atoms with E-state index in [0.717, 1.165) is 42.5 Å². The molecule has 3 aromatic rings. The van der Waals surface area contributed by atoms with Crippen molar-refractivity contribution in [2.45, 2.75) is 20.0 Å². The summed E-state index contributed by atoms with van der Waals surface area (Å²) in [5.74, 6) is 1.58. The smallest absolute Gasteiger partial charge is 0.153 e. The molecule has 0 amide bonds. The summed E-state index contributed by atoms with van der Waals surface area (Å²) in [4.78, 5) is 11.0. The molecule has 0 fully saturated rings. The summed E-state index contributed by atoms with van der Waals surface area (Å²) < 4.78 is 2.06. The number of fused-ring (bicyclic) bond motifs is 1. The van der Waals surface area contributed by atoms with E-state index in [1.807, 2.05) is 12.1 Å². The van der Waals surface area contributed by atoms with E-state index in [-0.39, 0.29) is 0 Å². The largest absolute Gasteiger partial charge is 0.323 e. The fourth-order valence-electron chi connectivity index (χ4n) is 2.98. The molecule has 1 N–H and O–H groups in total. The van der Waals surface area contributed by atoms with E-state index in [9.17, 15) is 0 Å². The standard InChI is InChI=1S/C18H20N6/c1-13-4-3-5-14(8-13)16-10-17(20-12-19-16)21-18-9-15-11-23(2)6-7-24(15)22-18/h3-5,8-10,12H,6-7,11H2,1-2H3,(H,19,20,21,22). The molecule has 0 bridgehead atoms. The number of hydrogen-bond donors (Lipinski definition) is 1. The molecule has 0 atom stereocenters. The van der Waals surface area contributed by atoms with E-state index in [0.29, 0.717) is 0 Å². The quantitative estimate of drug-likeness (QED) is 0.804. The predicted molar refractivity (Wildman–Crippen MR) is 94.0 cm³/mol. The van der Waals surface area contributed by atoms with Crippen LogP contribution >= 0.6 is 0 Å². The Bertz CT molecular complexity index is 869. The Labute approximate surface area is 141 Å². The Balaban J connectivity index is 1.58. The minimum atomic E-state index is 0.755. The molecule has 0 unspecified atom stereocenters. The third kappa shape index (κ3) is 3.00. The lowest BCUT2D eigenvalue weighted by Gasteiger charge is -2.22. The van der Waals surface area contributed by atoms with Gasteiger partial charge in [-0.15, -0.1) is 0 Å². The maximum Gasteiger partial charge on any atom is 0.153 e. The van der Waals surface area contributed by atoms with Gasteiger partial charge in [-0.2, -0.15) is 5.10 Å². The van der Waals surface area contributed by atoms with Crippen molar-refractivity contribution in [1.29, 1.82) is 0 Å². The van der Waals surface area contributed by atoms with Crippen molar-refractivity contribution in [3.05, 3.63) is 54.0 Å². The molecule has 1 aliphatic rings. The topological polar surface area (TPSA) is 58.9 Å². The van der Waals surface area contributed by atoms with Crippen molar-refractivity contribution in [1.82, 2.24) is 24.6 Å². The third-order valence-electron chi connectivity index (χ3n) is 4.23. The number of anilines is 2. The zero-order valence-corrected chi connectivity index (χ0v) is 13.9. The van der Waals surface area contributed by atoms with Crippen LogP contribution in [-0.4, -0.2) is 38.2 Å². The molecule has 122 valence electrons. The first kappa shape index (κ1) is 14.8. The highest BCUT2D eigenvalue weighted by molar-refractivity contribution is 5.64. The Morgan fingerprint density at radius 3 is 2.83 bits per heavy atom. The highest BCUT2D eigenvalue weighted by atomic mass is 15.4. The van der Waals surface area contributed by atoms with Gasteiger partial charge in [0, 0.05) is 30.8 Å². The van der Waals surface area contributed by atoms with Crippen LogP contribution in [0.1, 0.15) is 11.3 Å². The molecular weight excluding hydrogens is 300 g/mol. The van der Waals surface area contributed by atoms with Gasteiger partial charge in [-0.1, -0.05) is 23.8 Å². The first-order valence-corrected chi connectivity index (χ1v) is 8.09.